The lowest BCUT2D eigenvalue weighted by molar-refractivity contribution is 0.174. The monoisotopic (exact) mass is 353 g/mol. The van der Waals surface area contributed by atoms with E-state index in [0.29, 0.717) is 10.8 Å². The van der Waals surface area contributed by atoms with Gasteiger partial charge in [0, 0.05) is 22.6 Å². The topological polar surface area (TPSA) is 30.5 Å². The maximum atomic E-state index is 6.26. The van der Waals surface area contributed by atoms with Crippen molar-refractivity contribution in [1.29, 1.82) is 0 Å². The normalized spacial score (nSPS) is 14.2. The van der Waals surface area contributed by atoms with Crippen LogP contribution in [-0.2, 0) is 0 Å². The molecule has 1 atom stereocenters. The van der Waals surface area contributed by atoms with E-state index in [1.807, 2.05) is 18.2 Å². The van der Waals surface area contributed by atoms with E-state index in [9.17, 15) is 0 Å². The molecule has 1 N–H and O–H groups in total. The number of benzene rings is 2. The van der Waals surface area contributed by atoms with Gasteiger partial charge >= 0.3 is 0 Å². The number of hydrogen-bond donors (Lipinski definition) is 1. The van der Waals surface area contributed by atoms with Crippen molar-refractivity contribution in [3.05, 3.63) is 51.5 Å². The van der Waals surface area contributed by atoms with Gasteiger partial charge in [0.25, 0.3) is 0 Å². The minimum Gasteiger partial charge on any atom is -0.454 e. The van der Waals surface area contributed by atoms with Crippen molar-refractivity contribution < 1.29 is 9.47 Å². The van der Waals surface area contributed by atoms with Crippen LogP contribution >= 0.6 is 27.5 Å². The quantitative estimate of drug-likeness (QED) is 0.841. The van der Waals surface area contributed by atoms with Gasteiger partial charge in [-0.25, -0.2) is 0 Å². The molecule has 1 aliphatic rings. The third kappa shape index (κ3) is 2.72. The van der Waals surface area contributed by atoms with Gasteiger partial charge in [0.1, 0.15) is 0 Å². The van der Waals surface area contributed by atoms with Crippen molar-refractivity contribution in [2.75, 3.05) is 12.1 Å². The summed E-state index contributed by atoms with van der Waals surface area (Å²) in [5.41, 5.74) is 2.01. The molecule has 0 saturated heterocycles. The minimum absolute atomic E-state index is 0.130. The second kappa shape index (κ2) is 5.54. The Bertz CT molecular complexity index is 648. The Hall–Kier alpha value is -1.39. The highest BCUT2D eigenvalue weighted by atomic mass is 79.9. The summed E-state index contributed by atoms with van der Waals surface area (Å²) in [5.74, 6) is 1.41. The summed E-state index contributed by atoms with van der Waals surface area (Å²) in [6.07, 6.45) is 0. The first kappa shape index (κ1) is 13.6. The van der Waals surface area contributed by atoms with Crippen molar-refractivity contribution in [1.82, 2.24) is 0 Å². The van der Waals surface area contributed by atoms with Crippen LogP contribution in [0.4, 0.5) is 5.69 Å². The fourth-order valence-corrected chi connectivity index (χ4v) is 2.75. The van der Waals surface area contributed by atoms with Gasteiger partial charge in [0.15, 0.2) is 11.5 Å². The minimum atomic E-state index is 0.130. The van der Waals surface area contributed by atoms with Crippen LogP contribution in [0.25, 0.3) is 0 Å². The fraction of sp³-hybridized carbons (Fsp3) is 0.200. The molecule has 0 aliphatic carbocycles. The maximum Gasteiger partial charge on any atom is 0.231 e. The van der Waals surface area contributed by atoms with Crippen molar-refractivity contribution in [3.63, 3.8) is 0 Å². The molecular formula is C15H13BrClNO2. The highest BCUT2D eigenvalue weighted by Gasteiger charge is 2.17. The van der Waals surface area contributed by atoms with Gasteiger partial charge in [0.05, 0.1) is 10.7 Å². The van der Waals surface area contributed by atoms with Gasteiger partial charge in [-0.15, -0.1) is 0 Å². The largest absolute Gasteiger partial charge is 0.454 e. The predicted octanol–water partition coefficient (Wildman–Crippen LogP) is 5.00. The summed E-state index contributed by atoms with van der Waals surface area (Å²) in [5, 5.41) is 4.02. The SMILES string of the molecule is CC(Nc1cc2c(cc1Cl)OCO2)c1cccc(Br)c1. The van der Waals surface area contributed by atoms with Crippen LogP contribution in [0.2, 0.25) is 5.02 Å². The summed E-state index contributed by atoms with van der Waals surface area (Å²) in [6.45, 7) is 2.33. The number of rotatable bonds is 3. The van der Waals surface area contributed by atoms with E-state index in [2.05, 4.69) is 40.3 Å². The smallest absolute Gasteiger partial charge is 0.231 e. The Morgan fingerprint density at radius 3 is 2.70 bits per heavy atom. The highest BCUT2D eigenvalue weighted by molar-refractivity contribution is 9.10. The van der Waals surface area contributed by atoms with E-state index in [1.165, 1.54) is 5.56 Å². The number of ether oxygens (including phenoxy) is 2. The van der Waals surface area contributed by atoms with Crippen LogP contribution in [0, 0.1) is 0 Å². The predicted molar refractivity (Wildman–Crippen MR) is 83.8 cm³/mol. The Morgan fingerprint density at radius 1 is 1.20 bits per heavy atom. The van der Waals surface area contributed by atoms with E-state index in [0.717, 1.165) is 15.9 Å². The zero-order valence-corrected chi connectivity index (χ0v) is 13.2. The number of nitrogens with one attached hydrogen (secondary N) is 1. The zero-order chi connectivity index (χ0) is 14.1. The maximum absolute atomic E-state index is 6.26. The Kier molecular flexibility index (Phi) is 3.76. The standard InChI is InChI=1S/C15H13BrClNO2/c1-9(10-3-2-4-11(16)5-10)18-13-7-15-14(6-12(13)17)19-8-20-15/h2-7,9,18H,8H2,1H3. The third-order valence-corrected chi connectivity index (χ3v) is 3.99. The van der Waals surface area contributed by atoms with Gasteiger partial charge < -0.3 is 14.8 Å². The molecule has 1 aliphatic heterocycles. The summed E-state index contributed by atoms with van der Waals surface area (Å²) in [7, 11) is 0. The molecule has 3 nitrogen and oxygen atoms in total. The van der Waals surface area contributed by atoms with Gasteiger partial charge in [-0.3, -0.25) is 0 Å². The van der Waals surface area contributed by atoms with Crippen LogP contribution in [-0.4, -0.2) is 6.79 Å². The summed E-state index contributed by atoms with van der Waals surface area (Å²) in [6, 6.07) is 12.0. The van der Waals surface area contributed by atoms with Crippen molar-refractivity contribution in [3.8, 4) is 11.5 Å². The van der Waals surface area contributed by atoms with Crippen molar-refractivity contribution in [2.45, 2.75) is 13.0 Å². The van der Waals surface area contributed by atoms with E-state index >= 15 is 0 Å². The number of hydrogen-bond acceptors (Lipinski definition) is 3. The van der Waals surface area contributed by atoms with E-state index < -0.39 is 0 Å². The van der Waals surface area contributed by atoms with Crippen LogP contribution in [0.5, 0.6) is 11.5 Å². The second-order valence-corrected chi connectivity index (χ2v) is 5.93. The van der Waals surface area contributed by atoms with Gasteiger partial charge in [-0.2, -0.15) is 0 Å². The molecule has 3 rings (SSSR count). The molecule has 0 aromatic heterocycles. The van der Waals surface area contributed by atoms with E-state index in [4.69, 9.17) is 21.1 Å². The molecule has 2 aromatic carbocycles. The first-order valence-corrected chi connectivity index (χ1v) is 7.42. The molecular weight excluding hydrogens is 342 g/mol. The molecule has 1 unspecified atom stereocenters. The number of fused-ring (bicyclic) bond motifs is 1. The molecule has 1 heterocycles. The van der Waals surface area contributed by atoms with Crippen LogP contribution in [0.1, 0.15) is 18.5 Å². The molecule has 2 aromatic rings. The van der Waals surface area contributed by atoms with Gasteiger partial charge in [-0.1, -0.05) is 39.7 Å². The molecule has 0 spiro atoms. The Labute approximate surface area is 131 Å². The lowest BCUT2D eigenvalue weighted by atomic mass is 10.1. The zero-order valence-electron chi connectivity index (χ0n) is 10.8. The lowest BCUT2D eigenvalue weighted by Gasteiger charge is -2.17. The fourth-order valence-electron chi connectivity index (χ4n) is 2.12. The molecule has 5 heteroatoms. The molecule has 0 amide bonds. The molecule has 20 heavy (non-hydrogen) atoms. The van der Waals surface area contributed by atoms with Crippen LogP contribution in [0.15, 0.2) is 40.9 Å². The summed E-state index contributed by atoms with van der Waals surface area (Å²) >= 11 is 9.74. The summed E-state index contributed by atoms with van der Waals surface area (Å²) < 4.78 is 11.7. The average molecular weight is 355 g/mol. The molecule has 0 bridgehead atoms. The first-order chi connectivity index (χ1) is 9.63. The molecule has 0 radical (unpaired) electrons. The van der Waals surface area contributed by atoms with Gasteiger partial charge in [-0.05, 0) is 24.6 Å². The molecule has 0 fully saturated rings. The second-order valence-electron chi connectivity index (χ2n) is 4.61. The summed E-state index contributed by atoms with van der Waals surface area (Å²) in [4.78, 5) is 0. The Morgan fingerprint density at radius 2 is 1.95 bits per heavy atom. The third-order valence-electron chi connectivity index (χ3n) is 3.18. The lowest BCUT2D eigenvalue weighted by Crippen LogP contribution is -2.07. The molecule has 0 saturated carbocycles. The van der Waals surface area contributed by atoms with E-state index in [-0.39, 0.29) is 12.8 Å². The van der Waals surface area contributed by atoms with Gasteiger partial charge in [0.2, 0.25) is 6.79 Å². The van der Waals surface area contributed by atoms with Crippen molar-refractivity contribution >= 4 is 33.2 Å². The average Bonchev–Trinajstić information content (AvgIpc) is 2.86. The Balaban J connectivity index is 1.84. The first-order valence-electron chi connectivity index (χ1n) is 6.24. The molecule has 104 valence electrons. The van der Waals surface area contributed by atoms with E-state index in [1.54, 1.807) is 6.07 Å². The highest BCUT2D eigenvalue weighted by Crippen LogP contribution is 2.40. The van der Waals surface area contributed by atoms with Crippen molar-refractivity contribution in [2.24, 2.45) is 0 Å². The van der Waals surface area contributed by atoms with Crippen LogP contribution in [0.3, 0.4) is 0 Å². The van der Waals surface area contributed by atoms with Crippen LogP contribution < -0.4 is 14.8 Å². The number of anilines is 1. The number of halogens is 2.